The van der Waals surface area contributed by atoms with Crippen LogP contribution in [-0.2, 0) is 13.0 Å². The molecule has 1 aromatic rings. The van der Waals surface area contributed by atoms with Crippen LogP contribution in [-0.4, -0.2) is 70.7 Å². The predicted octanol–water partition coefficient (Wildman–Crippen LogP) is 4.54. The molecule has 0 radical (unpaired) electrons. The third-order valence-corrected chi connectivity index (χ3v) is 5.56. The molecule has 30 heavy (non-hydrogen) atoms. The van der Waals surface area contributed by atoms with Gasteiger partial charge in [0, 0.05) is 6.54 Å². The number of benzene rings is 1. The van der Waals surface area contributed by atoms with Gasteiger partial charge < -0.3 is 20.4 Å². The maximum atomic E-state index is 3.63. The second-order valence-electron chi connectivity index (χ2n) is 9.29. The fourth-order valence-electron chi connectivity index (χ4n) is 3.74. The number of hydrogen-bond acceptors (Lipinski definition) is 4. The monoisotopic (exact) mass is 418 g/mol. The van der Waals surface area contributed by atoms with Crippen LogP contribution in [0.5, 0.6) is 0 Å². The first-order valence-electron chi connectivity index (χ1n) is 12.4. The molecule has 0 saturated heterocycles. The van der Waals surface area contributed by atoms with Gasteiger partial charge in [-0.15, -0.1) is 0 Å². The molecule has 0 aliphatic rings. The number of rotatable bonds is 20. The van der Waals surface area contributed by atoms with Crippen molar-refractivity contribution in [3.8, 4) is 0 Å². The largest absolute Gasteiger partial charge is 0.317 e. The summed E-state index contributed by atoms with van der Waals surface area (Å²) in [5.74, 6) is 0. The Morgan fingerprint density at radius 2 is 1.17 bits per heavy atom. The molecule has 2 N–H and O–H groups in total. The SMILES string of the molecule is CN(C)CCCCCCCNCc1cccc(CCCCCNCCCN(C)C)c1. The van der Waals surface area contributed by atoms with E-state index in [9.17, 15) is 0 Å². The Bertz CT molecular complexity index is 460. The maximum Gasteiger partial charge on any atom is 0.0205 e. The van der Waals surface area contributed by atoms with Crippen LogP contribution in [0.25, 0.3) is 0 Å². The number of nitrogens with zero attached hydrogens (tertiary/aromatic N) is 2. The summed E-state index contributed by atoms with van der Waals surface area (Å²) in [6, 6.07) is 9.17. The Balaban J connectivity index is 1.99. The summed E-state index contributed by atoms with van der Waals surface area (Å²) in [5.41, 5.74) is 2.93. The van der Waals surface area contributed by atoms with Crippen molar-refractivity contribution in [2.75, 3.05) is 60.9 Å². The third kappa shape index (κ3) is 16.8. The zero-order valence-electron chi connectivity index (χ0n) is 20.5. The van der Waals surface area contributed by atoms with Crippen molar-refractivity contribution < 1.29 is 0 Å². The van der Waals surface area contributed by atoms with Crippen LogP contribution in [0.15, 0.2) is 24.3 Å². The summed E-state index contributed by atoms with van der Waals surface area (Å²) in [4.78, 5) is 4.53. The molecule has 0 atom stereocenters. The zero-order chi connectivity index (χ0) is 21.9. The van der Waals surface area contributed by atoms with E-state index in [-0.39, 0.29) is 0 Å². The lowest BCUT2D eigenvalue weighted by Crippen LogP contribution is -2.22. The molecule has 0 aromatic heterocycles. The molecule has 0 aliphatic heterocycles. The zero-order valence-corrected chi connectivity index (χ0v) is 20.5. The van der Waals surface area contributed by atoms with Gasteiger partial charge in [0.1, 0.15) is 0 Å². The quantitative estimate of drug-likeness (QED) is 0.304. The van der Waals surface area contributed by atoms with Crippen LogP contribution in [0.1, 0.15) is 68.9 Å². The highest BCUT2D eigenvalue weighted by Crippen LogP contribution is 2.10. The first-order valence-corrected chi connectivity index (χ1v) is 12.4. The Hall–Kier alpha value is -0.940. The minimum atomic E-state index is 1.01. The number of nitrogens with one attached hydrogen (secondary N) is 2. The molecule has 174 valence electrons. The van der Waals surface area contributed by atoms with Crippen LogP contribution in [0.2, 0.25) is 0 Å². The molecule has 0 saturated carbocycles. The average molecular weight is 419 g/mol. The number of hydrogen-bond donors (Lipinski definition) is 2. The third-order valence-electron chi connectivity index (χ3n) is 5.56. The van der Waals surface area contributed by atoms with Gasteiger partial charge in [-0.2, -0.15) is 0 Å². The molecule has 0 amide bonds. The minimum absolute atomic E-state index is 1.01. The van der Waals surface area contributed by atoms with Crippen molar-refractivity contribution in [1.82, 2.24) is 20.4 Å². The van der Waals surface area contributed by atoms with Gasteiger partial charge in [-0.3, -0.25) is 0 Å². The van der Waals surface area contributed by atoms with Gasteiger partial charge in [0.05, 0.1) is 0 Å². The predicted molar refractivity (Wildman–Crippen MR) is 133 cm³/mol. The highest BCUT2D eigenvalue weighted by atomic mass is 15.1. The summed E-state index contributed by atoms with van der Waals surface area (Å²) in [6.07, 6.45) is 13.1. The lowest BCUT2D eigenvalue weighted by atomic mass is 10.0. The second kappa shape index (κ2) is 18.8. The standard InChI is InChI=1S/C26H50N4/c1-29(2)21-12-7-5-6-10-19-28-24-26-17-13-16-25(23-26)15-9-8-11-18-27-20-14-22-30(3)4/h13,16-17,23,27-28H,5-12,14-15,18-22,24H2,1-4H3. The van der Waals surface area contributed by atoms with Crippen LogP contribution >= 0.6 is 0 Å². The highest BCUT2D eigenvalue weighted by molar-refractivity contribution is 5.23. The minimum Gasteiger partial charge on any atom is -0.317 e. The Kier molecular flexibility index (Phi) is 17.0. The van der Waals surface area contributed by atoms with E-state index in [1.54, 1.807) is 0 Å². The number of unbranched alkanes of at least 4 members (excludes halogenated alkanes) is 6. The first-order chi connectivity index (χ1) is 14.6. The fourth-order valence-corrected chi connectivity index (χ4v) is 3.74. The van der Waals surface area contributed by atoms with Crippen LogP contribution < -0.4 is 10.6 Å². The molecule has 4 nitrogen and oxygen atoms in total. The lowest BCUT2D eigenvalue weighted by Gasteiger charge is -2.10. The molecule has 0 bridgehead atoms. The van der Waals surface area contributed by atoms with Gasteiger partial charge in [0.15, 0.2) is 0 Å². The molecule has 0 heterocycles. The van der Waals surface area contributed by atoms with E-state index >= 15 is 0 Å². The van der Waals surface area contributed by atoms with Crippen LogP contribution in [0.4, 0.5) is 0 Å². The first kappa shape index (κ1) is 27.1. The number of aryl methyl sites for hydroxylation is 1. The molecule has 0 spiro atoms. The molecule has 1 aromatic carbocycles. The van der Waals surface area contributed by atoms with Crippen molar-refractivity contribution in [3.63, 3.8) is 0 Å². The Morgan fingerprint density at radius 1 is 0.600 bits per heavy atom. The normalized spacial score (nSPS) is 11.7. The van der Waals surface area contributed by atoms with E-state index in [0.29, 0.717) is 0 Å². The van der Waals surface area contributed by atoms with E-state index < -0.39 is 0 Å². The molecule has 0 fully saturated rings. The highest BCUT2D eigenvalue weighted by Gasteiger charge is 1.98. The lowest BCUT2D eigenvalue weighted by molar-refractivity contribution is 0.389. The maximum absolute atomic E-state index is 3.63. The van der Waals surface area contributed by atoms with Crippen molar-refractivity contribution in [2.45, 2.75) is 70.8 Å². The van der Waals surface area contributed by atoms with E-state index in [4.69, 9.17) is 0 Å². The van der Waals surface area contributed by atoms with Crippen molar-refractivity contribution in [3.05, 3.63) is 35.4 Å². The topological polar surface area (TPSA) is 30.5 Å². The average Bonchev–Trinajstić information content (AvgIpc) is 2.71. The van der Waals surface area contributed by atoms with Crippen molar-refractivity contribution >= 4 is 0 Å². The summed E-state index contributed by atoms with van der Waals surface area (Å²) >= 11 is 0. The van der Waals surface area contributed by atoms with Crippen molar-refractivity contribution in [1.29, 1.82) is 0 Å². The van der Waals surface area contributed by atoms with Gasteiger partial charge >= 0.3 is 0 Å². The van der Waals surface area contributed by atoms with Crippen molar-refractivity contribution in [2.24, 2.45) is 0 Å². The summed E-state index contributed by atoms with van der Waals surface area (Å²) in [6.45, 7) is 6.85. The Labute approximate surface area is 187 Å². The van der Waals surface area contributed by atoms with Gasteiger partial charge in [-0.25, -0.2) is 0 Å². The second-order valence-corrected chi connectivity index (χ2v) is 9.29. The molecule has 4 heteroatoms. The van der Waals surface area contributed by atoms with Crippen LogP contribution in [0, 0.1) is 0 Å². The van der Waals surface area contributed by atoms with E-state index in [1.165, 1.54) is 88.4 Å². The summed E-state index contributed by atoms with van der Waals surface area (Å²) < 4.78 is 0. The van der Waals surface area contributed by atoms with Crippen LogP contribution in [0.3, 0.4) is 0 Å². The molecular weight excluding hydrogens is 368 g/mol. The fraction of sp³-hybridized carbons (Fsp3) is 0.769. The van der Waals surface area contributed by atoms with E-state index in [0.717, 1.165) is 26.2 Å². The summed E-state index contributed by atoms with van der Waals surface area (Å²) in [7, 11) is 8.60. The molecule has 1 rings (SSSR count). The smallest absolute Gasteiger partial charge is 0.0205 e. The molecular formula is C26H50N4. The van der Waals surface area contributed by atoms with E-state index in [1.807, 2.05) is 0 Å². The van der Waals surface area contributed by atoms with Gasteiger partial charge in [0.25, 0.3) is 0 Å². The molecule has 0 aliphatic carbocycles. The molecule has 0 unspecified atom stereocenters. The van der Waals surface area contributed by atoms with Gasteiger partial charge in [-0.05, 0) is 111 Å². The summed E-state index contributed by atoms with van der Waals surface area (Å²) in [5, 5.41) is 7.19. The van der Waals surface area contributed by atoms with Gasteiger partial charge in [0.2, 0.25) is 0 Å². The van der Waals surface area contributed by atoms with Gasteiger partial charge in [-0.1, -0.05) is 49.9 Å². The van der Waals surface area contributed by atoms with E-state index in [2.05, 4.69) is 72.9 Å². The Morgan fingerprint density at radius 3 is 1.93 bits per heavy atom.